The highest BCUT2D eigenvalue weighted by atomic mass is 32.2. The molecule has 5 heteroatoms. The first-order valence-electron chi connectivity index (χ1n) is 8.48. The molecule has 0 saturated heterocycles. The Morgan fingerprint density at radius 2 is 2.17 bits per heavy atom. The molecule has 1 aliphatic carbocycles. The first-order chi connectivity index (χ1) is 11.2. The van der Waals surface area contributed by atoms with Crippen LogP contribution in [0.1, 0.15) is 38.3 Å². The van der Waals surface area contributed by atoms with Crippen LogP contribution in [0, 0.1) is 0 Å². The van der Waals surface area contributed by atoms with Gasteiger partial charge < -0.3 is 15.4 Å². The van der Waals surface area contributed by atoms with Gasteiger partial charge in [-0.05, 0) is 31.9 Å². The number of aliphatic hydroxyl groups is 1. The third kappa shape index (κ3) is 3.00. The van der Waals surface area contributed by atoms with Gasteiger partial charge in [0, 0.05) is 17.2 Å². The summed E-state index contributed by atoms with van der Waals surface area (Å²) in [6.07, 6.45) is 4.81. The molecule has 122 valence electrons. The minimum atomic E-state index is -0.385. The van der Waals surface area contributed by atoms with Crippen molar-refractivity contribution in [1.29, 1.82) is 0 Å². The van der Waals surface area contributed by atoms with Gasteiger partial charge in [-0.25, -0.2) is 0 Å². The monoisotopic (exact) mass is 329 g/mol. The van der Waals surface area contributed by atoms with Crippen molar-refractivity contribution in [3.63, 3.8) is 0 Å². The lowest BCUT2D eigenvalue weighted by Crippen LogP contribution is -2.20. The number of nitrogens with one attached hydrogen (secondary N) is 2. The smallest absolute Gasteiger partial charge is 0.115 e. The molecule has 2 heterocycles. The van der Waals surface area contributed by atoms with Gasteiger partial charge in [-0.3, -0.25) is 4.99 Å². The van der Waals surface area contributed by atoms with E-state index in [2.05, 4.69) is 39.6 Å². The van der Waals surface area contributed by atoms with Crippen LogP contribution >= 0.6 is 11.8 Å². The van der Waals surface area contributed by atoms with E-state index in [-0.39, 0.29) is 12.1 Å². The quantitative estimate of drug-likeness (QED) is 0.800. The molecule has 1 fully saturated rings. The Morgan fingerprint density at radius 1 is 1.35 bits per heavy atom. The van der Waals surface area contributed by atoms with E-state index in [1.165, 1.54) is 36.8 Å². The molecule has 0 amide bonds. The third-order valence-electron chi connectivity index (χ3n) is 4.83. The van der Waals surface area contributed by atoms with Gasteiger partial charge in [0.15, 0.2) is 0 Å². The Balaban J connectivity index is 1.64. The fourth-order valence-electron chi connectivity index (χ4n) is 3.47. The van der Waals surface area contributed by atoms with Gasteiger partial charge in [0.2, 0.25) is 0 Å². The fourth-order valence-corrected chi connectivity index (χ4v) is 4.62. The molecule has 0 spiro atoms. The summed E-state index contributed by atoms with van der Waals surface area (Å²) in [6.45, 7) is 1.81. The molecule has 4 nitrogen and oxygen atoms in total. The molecule has 2 atom stereocenters. The maximum atomic E-state index is 9.72. The van der Waals surface area contributed by atoms with Crippen LogP contribution in [0.25, 0.3) is 10.9 Å². The van der Waals surface area contributed by atoms with Crippen LogP contribution in [0.2, 0.25) is 0 Å². The highest BCUT2D eigenvalue weighted by molar-refractivity contribution is 8.14. The predicted molar refractivity (Wildman–Crippen MR) is 98.6 cm³/mol. The van der Waals surface area contributed by atoms with E-state index >= 15 is 0 Å². The zero-order chi connectivity index (χ0) is 15.8. The molecule has 0 radical (unpaired) electrons. The number of fused-ring (bicyclic) bond motifs is 1. The van der Waals surface area contributed by atoms with Crippen molar-refractivity contribution in [2.75, 3.05) is 11.1 Å². The Morgan fingerprint density at radius 3 is 2.91 bits per heavy atom. The molecular formula is C18H23N3OS. The summed E-state index contributed by atoms with van der Waals surface area (Å²) in [5.41, 5.74) is 3.42. The molecule has 2 aromatic rings. The van der Waals surface area contributed by atoms with E-state index in [4.69, 9.17) is 0 Å². The van der Waals surface area contributed by atoms with E-state index in [0.717, 1.165) is 22.0 Å². The zero-order valence-electron chi connectivity index (χ0n) is 13.4. The average molecular weight is 329 g/mol. The standard InChI is InChI=1S/C18H23N3OS/c1-11(22)16-10-23-18(21-16)15-9-12-5-4-8-14(17(12)20-15)19-13-6-2-3-7-13/h4-5,8-9,11,13,16,19-20,22H,2-3,6-7,10H2,1H3/t11?,16-/m0/s1. The summed E-state index contributed by atoms with van der Waals surface area (Å²) in [4.78, 5) is 8.21. The maximum Gasteiger partial charge on any atom is 0.115 e. The lowest BCUT2D eigenvalue weighted by Gasteiger charge is -2.14. The molecule has 23 heavy (non-hydrogen) atoms. The Bertz CT molecular complexity index is 731. The number of anilines is 1. The molecular weight excluding hydrogens is 306 g/mol. The number of aromatic nitrogens is 1. The number of thioether (sulfide) groups is 1. The highest BCUT2D eigenvalue weighted by Crippen LogP contribution is 2.31. The van der Waals surface area contributed by atoms with Gasteiger partial charge in [-0.15, -0.1) is 11.8 Å². The summed E-state index contributed by atoms with van der Waals surface area (Å²) in [5.74, 6) is 0.857. The molecule has 1 unspecified atom stereocenters. The van der Waals surface area contributed by atoms with Crippen molar-refractivity contribution < 1.29 is 5.11 Å². The van der Waals surface area contributed by atoms with Crippen molar-refractivity contribution in [2.45, 2.75) is 50.8 Å². The number of nitrogens with zero attached hydrogens (tertiary/aromatic N) is 1. The summed E-state index contributed by atoms with van der Waals surface area (Å²) in [6, 6.07) is 9.19. The van der Waals surface area contributed by atoms with E-state index in [1.807, 2.05) is 6.92 Å². The van der Waals surface area contributed by atoms with E-state index in [9.17, 15) is 5.11 Å². The third-order valence-corrected chi connectivity index (χ3v) is 5.94. The second kappa shape index (κ2) is 6.21. The fraction of sp³-hybridized carbons (Fsp3) is 0.500. The summed E-state index contributed by atoms with van der Waals surface area (Å²) < 4.78 is 0. The summed E-state index contributed by atoms with van der Waals surface area (Å²) in [7, 11) is 0. The minimum absolute atomic E-state index is 0.0116. The predicted octanol–water partition coefficient (Wildman–Crippen LogP) is 3.77. The average Bonchev–Trinajstić information content (AvgIpc) is 3.27. The van der Waals surface area contributed by atoms with E-state index in [0.29, 0.717) is 6.04 Å². The summed E-state index contributed by atoms with van der Waals surface area (Å²) in [5, 5.41) is 15.6. The molecule has 1 aromatic heterocycles. The van der Waals surface area contributed by atoms with Crippen LogP contribution in [0.4, 0.5) is 5.69 Å². The van der Waals surface area contributed by atoms with Crippen LogP contribution in [0.15, 0.2) is 29.3 Å². The number of benzene rings is 1. The van der Waals surface area contributed by atoms with Crippen molar-refractivity contribution in [3.8, 4) is 0 Å². The van der Waals surface area contributed by atoms with Crippen molar-refractivity contribution >= 4 is 33.4 Å². The van der Waals surface area contributed by atoms with Crippen molar-refractivity contribution in [1.82, 2.24) is 4.98 Å². The first-order valence-corrected chi connectivity index (χ1v) is 9.46. The lowest BCUT2D eigenvalue weighted by molar-refractivity contribution is 0.174. The highest BCUT2D eigenvalue weighted by Gasteiger charge is 2.24. The maximum absolute atomic E-state index is 9.72. The topological polar surface area (TPSA) is 60.4 Å². The van der Waals surface area contributed by atoms with Gasteiger partial charge in [0.25, 0.3) is 0 Å². The molecule has 3 N–H and O–H groups in total. The number of aromatic amines is 1. The lowest BCUT2D eigenvalue weighted by atomic mass is 10.2. The number of hydrogen-bond donors (Lipinski definition) is 3. The number of hydrogen-bond acceptors (Lipinski definition) is 4. The molecule has 1 aliphatic heterocycles. The van der Waals surface area contributed by atoms with Crippen molar-refractivity contribution in [2.24, 2.45) is 4.99 Å². The van der Waals surface area contributed by atoms with Gasteiger partial charge in [0.1, 0.15) is 5.04 Å². The van der Waals surface area contributed by atoms with Crippen LogP contribution in [0.3, 0.4) is 0 Å². The van der Waals surface area contributed by atoms with E-state index in [1.54, 1.807) is 11.8 Å². The van der Waals surface area contributed by atoms with Crippen LogP contribution in [-0.4, -0.2) is 39.1 Å². The number of aliphatic imine (C=N–C) groups is 1. The molecule has 1 aromatic carbocycles. The molecule has 2 aliphatic rings. The number of H-pyrrole nitrogens is 1. The second-order valence-electron chi connectivity index (χ2n) is 6.63. The van der Waals surface area contributed by atoms with Gasteiger partial charge in [-0.1, -0.05) is 25.0 Å². The molecule has 0 bridgehead atoms. The number of para-hydroxylation sites is 1. The van der Waals surface area contributed by atoms with Crippen molar-refractivity contribution in [3.05, 3.63) is 30.0 Å². The number of rotatable bonds is 4. The van der Waals surface area contributed by atoms with Crippen LogP contribution in [-0.2, 0) is 0 Å². The normalized spacial score (nSPS) is 23.4. The Hall–Kier alpha value is -1.46. The van der Waals surface area contributed by atoms with Crippen LogP contribution < -0.4 is 5.32 Å². The SMILES string of the molecule is CC(O)[C@@H]1CSC(c2cc3cccc(NC4CCCC4)c3[nH]2)=N1. The first kappa shape index (κ1) is 15.1. The largest absolute Gasteiger partial charge is 0.391 e. The minimum Gasteiger partial charge on any atom is -0.391 e. The molecule has 1 saturated carbocycles. The Kier molecular flexibility index (Phi) is 4.07. The van der Waals surface area contributed by atoms with Crippen LogP contribution in [0.5, 0.6) is 0 Å². The van der Waals surface area contributed by atoms with Gasteiger partial charge in [0.05, 0.1) is 29.0 Å². The van der Waals surface area contributed by atoms with Gasteiger partial charge in [-0.2, -0.15) is 0 Å². The number of aliphatic hydroxyl groups excluding tert-OH is 1. The zero-order valence-corrected chi connectivity index (χ0v) is 14.2. The van der Waals surface area contributed by atoms with Gasteiger partial charge >= 0.3 is 0 Å². The second-order valence-corrected chi connectivity index (χ2v) is 7.64. The Labute approximate surface area is 140 Å². The van der Waals surface area contributed by atoms with E-state index < -0.39 is 0 Å². The molecule has 4 rings (SSSR count). The summed E-state index contributed by atoms with van der Waals surface area (Å²) >= 11 is 1.72.